The Labute approximate surface area is 189 Å². The highest BCUT2D eigenvalue weighted by molar-refractivity contribution is 6.46. The van der Waals surface area contributed by atoms with E-state index in [1.54, 1.807) is 48.5 Å². The molecule has 0 bridgehead atoms. The van der Waals surface area contributed by atoms with Crippen molar-refractivity contribution in [2.24, 2.45) is 0 Å². The van der Waals surface area contributed by atoms with Gasteiger partial charge in [-0.3, -0.25) is 14.4 Å². The summed E-state index contributed by atoms with van der Waals surface area (Å²) in [6.07, 6.45) is 1.66. The third kappa shape index (κ3) is 5.27. The molecule has 31 heavy (non-hydrogen) atoms. The quantitative estimate of drug-likeness (QED) is 0.248. The van der Waals surface area contributed by atoms with E-state index in [2.05, 4.69) is 0 Å². The van der Waals surface area contributed by atoms with Crippen molar-refractivity contribution in [2.75, 3.05) is 6.54 Å². The molecule has 0 aliphatic carbocycles. The van der Waals surface area contributed by atoms with Crippen molar-refractivity contribution in [1.82, 2.24) is 4.90 Å². The maximum atomic E-state index is 12.9. The number of carboxylic acid groups (broad SMARTS) is 1. The Kier molecular flexibility index (Phi) is 7.36. The van der Waals surface area contributed by atoms with E-state index in [0.29, 0.717) is 40.4 Å². The summed E-state index contributed by atoms with van der Waals surface area (Å²) in [5.74, 6) is -2.61. The second kappa shape index (κ2) is 9.98. The van der Waals surface area contributed by atoms with E-state index < -0.39 is 23.7 Å². The van der Waals surface area contributed by atoms with Crippen molar-refractivity contribution < 1.29 is 24.6 Å². The smallest absolute Gasteiger partial charge is 0.303 e. The largest absolute Gasteiger partial charge is 0.507 e. The molecule has 1 atom stereocenters. The van der Waals surface area contributed by atoms with Gasteiger partial charge in [-0.1, -0.05) is 41.8 Å². The Morgan fingerprint density at radius 2 is 1.45 bits per heavy atom. The number of aliphatic hydroxyl groups is 1. The molecule has 162 valence electrons. The number of nitrogens with zero attached hydrogens (tertiary/aromatic N) is 1. The number of benzene rings is 2. The molecule has 1 saturated heterocycles. The zero-order valence-electron chi connectivity index (χ0n) is 16.6. The normalized spacial score (nSPS) is 17.9. The number of likely N-dealkylation sites (tertiary alicyclic amines) is 1. The lowest BCUT2D eigenvalue weighted by atomic mass is 9.95. The Morgan fingerprint density at radius 3 is 2.03 bits per heavy atom. The maximum absolute atomic E-state index is 12.9. The third-order valence-electron chi connectivity index (χ3n) is 5.13. The molecule has 3 rings (SSSR count). The molecule has 0 saturated carbocycles. The number of aliphatic carboxylic acids is 1. The second-order valence-corrected chi connectivity index (χ2v) is 8.13. The highest BCUT2D eigenvalue weighted by Crippen LogP contribution is 2.40. The zero-order chi connectivity index (χ0) is 22.5. The molecule has 2 aromatic carbocycles. The van der Waals surface area contributed by atoms with Crippen LogP contribution >= 0.6 is 23.2 Å². The van der Waals surface area contributed by atoms with Gasteiger partial charge in [-0.15, -0.1) is 0 Å². The van der Waals surface area contributed by atoms with Crippen LogP contribution < -0.4 is 0 Å². The monoisotopic (exact) mass is 461 g/mol. The molecule has 8 heteroatoms. The average molecular weight is 462 g/mol. The number of ketones is 1. The van der Waals surface area contributed by atoms with Crippen LogP contribution in [0.4, 0.5) is 0 Å². The van der Waals surface area contributed by atoms with Gasteiger partial charge in [0.25, 0.3) is 11.7 Å². The van der Waals surface area contributed by atoms with Crippen LogP contribution in [-0.2, 0) is 14.4 Å². The number of unbranched alkanes of at least 4 members (excludes halogenated alkanes) is 2. The number of hydrogen-bond acceptors (Lipinski definition) is 4. The summed E-state index contributed by atoms with van der Waals surface area (Å²) in [5.41, 5.74) is 1.02. The van der Waals surface area contributed by atoms with Crippen LogP contribution in [0.2, 0.25) is 10.0 Å². The first-order chi connectivity index (χ1) is 14.8. The number of hydrogen-bond donors (Lipinski definition) is 2. The van der Waals surface area contributed by atoms with Gasteiger partial charge in [-0.05, 0) is 54.8 Å². The van der Waals surface area contributed by atoms with E-state index >= 15 is 0 Å². The van der Waals surface area contributed by atoms with Crippen LogP contribution in [0.15, 0.2) is 54.1 Å². The van der Waals surface area contributed by atoms with Gasteiger partial charge in [0, 0.05) is 28.6 Å². The average Bonchev–Trinajstić information content (AvgIpc) is 2.99. The van der Waals surface area contributed by atoms with Crippen molar-refractivity contribution >= 4 is 46.6 Å². The molecule has 0 unspecified atom stereocenters. The van der Waals surface area contributed by atoms with E-state index in [9.17, 15) is 19.5 Å². The SMILES string of the molecule is O=C(O)CCCCCN1C(=O)C(=O)C(=C(O)c2ccc(Cl)cc2)[C@@H]1c1ccc(Cl)cc1. The van der Waals surface area contributed by atoms with Gasteiger partial charge >= 0.3 is 5.97 Å². The summed E-state index contributed by atoms with van der Waals surface area (Å²) in [6.45, 7) is 0.259. The molecule has 2 aromatic rings. The number of carbonyl (C=O) groups excluding carboxylic acids is 2. The van der Waals surface area contributed by atoms with Crippen molar-refractivity contribution in [3.05, 3.63) is 75.3 Å². The van der Waals surface area contributed by atoms with Gasteiger partial charge in [0.1, 0.15) is 5.76 Å². The highest BCUT2D eigenvalue weighted by Gasteiger charge is 2.45. The molecule has 1 fully saturated rings. The maximum Gasteiger partial charge on any atom is 0.303 e. The first-order valence-electron chi connectivity index (χ1n) is 9.81. The van der Waals surface area contributed by atoms with Gasteiger partial charge in [-0.2, -0.15) is 0 Å². The Hall–Kier alpha value is -2.83. The number of amides is 1. The standard InChI is InChI=1S/C23H21Cl2NO5/c24-16-9-5-14(6-10-16)20-19(21(29)15-7-11-17(25)12-8-15)22(30)23(31)26(20)13-3-1-2-4-18(27)28/h5-12,20,29H,1-4,13H2,(H,27,28)/t20-/m0/s1. The number of aliphatic hydroxyl groups excluding tert-OH is 1. The third-order valence-corrected chi connectivity index (χ3v) is 5.64. The minimum absolute atomic E-state index is 0.000167. The van der Waals surface area contributed by atoms with E-state index in [4.69, 9.17) is 28.3 Å². The molecular weight excluding hydrogens is 441 g/mol. The van der Waals surface area contributed by atoms with E-state index in [1.807, 2.05) is 0 Å². The van der Waals surface area contributed by atoms with Crippen LogP contribution in [0.5, 0.6) is 0 Å². The minimum atomic E-state index is -0.871. The van der Waals surface area contributed by atoms with Crippen molar-refractivity contribution in [1.29, 1.82) is 0 Å². The van der Waals surface area contributed by atoms with Crippen LogP contribution in [0.25, 0.3) is 5.76 Å². The molecule has 1 aliphatic rings. The zero-order valence-corrected chi connectivity index (χ0v) is 18.1. The summed E-state index contributed by atoms with van der Waals surface area (Å²) >= 11 is 11.9. The highest BCUT2D eigenvalue weighted by atomic mass is 35.5. The van der Waals surface area contributed by atoms with Crippen LogP contribution in [0.1, 0.15) is 42.9 Å². The summed E-state index contributed by atoms with van der Waals surface area (Å²) in [7, 11) is 0. The molecule has 0 aromatic heterocycles. The topological polar surface area (TPSA) is 94.9 Å². The van der Waals surface area contributed by atoms with Crippen molar-refractivity contribution in [3.8, 4) is 0 Å². The summed E-state index contributed by atoms with van der Waals surface area (Å²) in [5, 5.41) is 20.7. The van der Waals surface area contributed by atoms with Gasteiger partial charge in [0.2, 0.25) is 0 Å². The number of halogens is 2. The number of carboxylic acids is 1. The van der Waals surface area contributed by atoms with E-state index in [0.717, 1.165) is 0 Å². The van der Waals surface area contributed by atoms with Gasteiger partial charge < -0.3 is 15.1 Å². The molecule has 2 N–H and O–H groups in total. The Balaban J connectivity index is 1.96. The molecule has 0 radical (unpaired) electrons. The second-order valence-electron chi connectivity index (χ2n) is 7.26. The van der Waals surface area contributed by atoms with Gasteiger partial charge in [0.05, 0.1) is 11.6 Å². The van der Waals surface area contributed by atoms with Crippen LogP contribution in [0.3, 0.4) is 0 Å². The first kappa shape index (κ1) is 22.8. The minimum Gasteiger partial charge on any atom is -0.507 e. The lowest BCUT2D eigenvalue weighted by molar-refractivity contribution is -0.140. The predicted octanol–water partition coefficient (Wildman–Crippen LogP) is 5.06. The summed E-state index contributed by atoms with van der Waals surface area (Å²) in [4.78, 5) is 37.8. The molecular formula is C23H21Cl2NO5. The van der Waals surface area contributed by atoms with Crippen molar-refractivity contribution in [2.45, 2.75) is 31.7 Å². The number of rotatable bonds is 8. The first-order valence-corrected chi connectivity index (χ1v) is 10.6. The summed E-state index contributed by atoms with van der Waals surface area (Å²) in [6, 6.07) is 12.3. The molecule has 0 spiro atoms. The van der Waals surface area contributed by atoms with E-state index in [-0.39, 0.29) is 24.3 Å². The van der Waals surface area contributed by atoms with Crippen molar-refractivity contribution in [3.63, 3.8) is 0 Å². The van der Waals surface area contributed by atoms with E-state index in [1.165, 1.54) is 4.90 Å². The lowest BCUT2D eigenvalue weighted by Crippen LogP contribution is -2.30. The fourth-order valence-electron chi connectivity index (χ4n) is 3.60. The molecule has 1 aliphatic heterocycles. The Morgan fingerprint density at radius 1 is 0.871 bits per heavy atom. The van der Waals surface area contributed by atoms with Crippen LogP contribution in [-0.4, -0.2) is 39.3 Å². The molecule has 6 nitrogen and oxygen atoms in total. The molecule has 1 amide bonds. The molecule has 1 heterocycles. The fourth-order valence-corrected chi connectivity index (χ4v) is 3.85. The number of Topliss-reactive ketones (excluding diaryl/α,β-unsaturated/α-hetero) is 1. The van der Waals surface area contributed by atoms with Gasteiger partial charge in [0.15, 0.2) is 0 Å². The summed E-state index contributed by atoms with van der Waals surface area (Å²) < 4.78 is 0. The number of carbonyl (C=O) groups is 3. The fraction of sp³-hybridized carbons (Fsp3) is 0.261. The van der Waals surface area contributed by atoms with Gasteiger partial charge in [-0.25, -0.2) is 0 Å². The van der Waals surface area contributed by atoms with Crippen LogP contribution in [0, 0.1) is 0 Å². The Bertz CT molecular complexity index is 1020. The lowest BCUT2D eigenvalue weighted by Gasteiger charge is -2.25. The predicted molar refractivity (Wildman–Crippen MR) is 118 cm³/mol.